The summed E-state index contributed by atoms with van der Waals surface area (Å²) in [7, 11) is 0. The van der Waals surface area contributed by atoms with Gasteiger partial charge in [0.05, 0.1) is 23.2 Å². The van der Waals surface area contributed by atoms with Gasteiger partial charge in [-0.3, -0.25) is 14.5 Å². The van der Waals surface area contributed by atoms with E-state index < -0.39 is 0 Å². The quantitative estimate of drug-likeness (QED) is 0.398. The lowest BCUT2D eigenvalue weighted by Gasteiger charge is -2.14. The summed E-state index contributed by atoms with van der Waals surface area (Å²) in [4.78, 5) is 38.0. The molecule has 0 radical (unpaired) electrons. The average Bonchev–Trinajstić information content (AvgIpc) is 3.22. The smallest absolute Gasteiger partial charge is 0.261 e. The van der Waals surface area contributed by atoms with Crippen molar-refractivity contribution >= 4 is 23.4 Å². The summed E-state index contributed by atoms with van der Waals surface area (Å²) >= 11 is 5.69. The number of imidazole rings is 1. The number of hydrogen-bond donors (Lipinski definition) is 0. The van der Waals surface area contributed by atoms with E-state index in [1.165, 1.54) is 17.1 Å². The van der Waals surface area contributed by atoms with Gasteiger partial charge in [0.1, 0.15) is 0 Å². The van der Waals surface area contributed by atoms with E-state index in [1.807, 2.05) is 10.8 Å². The molecule has 1 aliphatic rings. The Hall–Kier alpha value is -3.06. The minimum atomic E-state index is -0.308. The molecule has 0 aromatic carbocycles. The molecule has 0 atom stereocenters. The third-order valence-corrected chi connectivity index (χ3v) is 4.44. The van der Waals surface area contributed by atoms with E-state index in [-0.39, 0.29) is 17.1 Å². The van der Waals surface area contributed by atoms with E-state index in [0.717, 1.165) is 17.7 Å². The summed E-state index contributed by atoms with van der Waals surface area (Å²) in [6.45, 7) is 8.27. The van der Waals surface area contributed by atoms with Crippen molar-refractivity contribution in [1.82, 2.24) is 24.4 Å². The molecule has 2 aromatic rings. The highest BCUT2D eigenvalue weighted by molar-refractivity contribution is 6.28. The zero-order valence-electron chi connectivity index (χ0n) is 14.6. The van der Waals surface area contributed by atoms with Crippen molar-refractivity contribution in [1.29, 1.82) is 0 Å². The zero-order chi connectivity index (χ0) is 19.4. The molecular formula is C19H18ClN5O2. The molecule has 0 saturated carbocycles. The predicted octanol–water partition coefficient (Wildman–Crippen LogP) is 2.81. The van der Waals surface area contributed by atoms with Gasteiger partial charge < -0.3 is 4.57 Å². The molecule has 0 saturated heterocycles. The highest BCUT2D eigenvalue weighted by atomic mass is 35.5. The van der Waals surface area contributed by atoms with Crippen molar-refractivity contribution < 1.29 is 9.59 Å². The minimum absolute atomic E-state index is 0.193. The fourth-order valence-electron chi connectivity index (χ4n) is 2.85. The summed E-state index contributed by atoms with van der Waals surface area (Å²) in [5.41, 5.74) is 2.18. The van der Waals surface area contributed by atoms with Crippen molar-refractivity contribution in [3.05, 3.63) is 66.7 Å². The van der Waals surface area contributed by atoms with Crippen LogP contribution in [0.5, 0.6) is 0 Å². The Balaban J connectivity index is 1.52. The number of amides is 2. The molecule has 0 spiro atoms. The van der Waals surface area contributed by atoms with Gasteiger partial charge in [-0.05, 0) is 24.4 Å². The number of carbonyl (C=O) groups excluding carboxylic acids is 2. The number of nitrogens with zero attached hydrogens (tertiary/aromatic N) is 5. The highest BCUT2D eigenvalue weighted by Gasteiger charge is 2.34. The number of imide groups is 1. The van der Waals surface area contributed by atoms with Crippen LogP contribution in [-0.2, 0) is 16.1 Å². The summed E-state index contributed by atoms with van der Waals surface area (Å²) in [6.07, 6.45) is 11.1. The Morgan fingerprint density at radius 3 is 2.15 bits per heavy atom. The van der Waals surface area contributed by atoms with Crippen molar-refractivity contribution in [2.45, 2.75) is 19.4 Å². The summed E-state index contributed by atoms with van der Waals surface area (Å²) in [5.74, 6) is -0.616. The molecule has 3 rings (SSSR count). The van der Waals surface area contributed by atoms with E-state index in [2.05, 4.69) is 28.1 Å². The van der Waals surface area contributed by atoms with Crippen LogP contribution >= 0.6 is 11.6 Å². The zero-order valence-corrected chi connectivity index (χ0v) is 15.4. The van der Waals surface area contributed by atoms with Crippen LogP contribution in [0.1, 0.15) is 12.8 Å². The Labute approximate surface area is 161 Å². The van der Waals surface area contributed by atoms with Gasteiger partial charge in [-0.1, -0.05) is 25.3 Å². The van der Waals surface area contributed by atoms with E-state index >= 15 is 0 Å². The third-order valence-electron chi connectivity index (χ3n) is 4.25. The topological polar surface area (TPSA) is 81.0 Å². The van der Waals surface area contributed by atoms with Gasteiger partial charge in [-0.15, -0.1) is 0 Å². The lowest BCUT2D eigenvalue weighted by Crippen LogP contribution is -2.32. The fraction of sp³-hybridized carbons (Fsp3) is 0.211. The minimum Gasteiger partial charge on any atom is -0.337 e. The first kappa shape index (κ1) is 18.7. The molecule has 3 heterocycles. The molecule has 138 valence electrons. The molecule has 0 fully saturated rings. The van der Waals surface area contributed by atoms with Gasteiger partial charge in [-0.2, -0.15) is 0 Å². The molecule has 7 nitrogen and oxygen atoms in total. The molecule has 1 aliphatic heterocycles. The van der Waals surface area contributed by atoms with Gasteiger partial charge in [-0.25, -0.2) is 15.0 Å². The van der Waals surface area contributed by atoms with Gasteiger partial charge in [0.25, 0.3) is 11.8 Å². The van der Waals surface area contributed by atoms with E-state index in [0.29, 0.717) is 30.7 Å². The maximum absolute atomic E-state index is 12.3. The lowest BCUT2D eigenvalue weighted by atomic mass is 10.1. The third kappa shape index (κ3) is 3.88. The number of aromatic nitrogens is 4. The standard InChI is InChI=1S/C19H18ClN5O2/c1-3-14-15(4-2)18(27)25(17(14)26)8-6-5-7-24-11-16(23-12-24)13-9-21-19(20)22-10-13/h3-4,9-12H,1-2,5-8H2. The maximum atomic E-state index is 12.3. The molecular weight excluding hydrogens is 366 g/mol. The summed E-state index contributed by atoms with van der Waals surface area (Å²) in [5, 5.41) is 0.193. The first-order valence-electron chi connectivity index (χ1n) is 8.40. The summed E-state index contributed by atoms with van der Waals surface area (Å²) in [6, 6.07) is 0. The number of unbranched alkanes of at least 4 members (excludes halogenated alkanes) is 1. The first-order chi connectivity index (χ1) is 13.0. The van der Waals surface area contributed by atoms with Crippen molar-refractivity contribution in [3.8, 4) is 11.3 Å². The summed E-state index contributed by atoms with van der Waals surface area (Å²) < 4.78 is 1.94. The molecule has 0 unspecified atom stereocenters. The van der Waals surface area contributed by atoms with Gasteiger partial charge in [0.15, 0.2) is 0 Å². The largest absolute Gasteiger partial charge is 0.337 e. The molecule has 8 heteroatoms. The molecule has 2 aromatic heterocycles. The van der Waals surface area contributed by atoms with Crippen LogP contribution in [0.3, 0.4) is 0 Å². The predicted molar refractivity (Wildman–Crippen MR) is 102 cm³/mol. The van der Waals surface area contributed by atoms with Gasteiger partial charge in [0.2, 0.25) is 5.28 Å². The monoisotopic (exact) mass is 383 g/mol. The van der Waals surface area contributed by atoms with Crippen LogP contribution in [0.4, 0.5) is 0 Å². The Kier molecular flexibility index (Phi) is 5.61. The molecule has 27 heavy (non-hydrogen) atoms. The van der Waals surface area contributed by atoms with Crippen LogP contribution in [-0.4, -0.2) is 42.8 Å². The van der Waals surface area contributed by atoms with Crippen LogP contribution in [0.2, 0.25) is 5.28 Å². The van der Waals surface area contributed by atoms with E-state index in [9.17, 15) is 9.59 Å². The Morgan fingerprint density at radius 2 is 1.56 bits per heavy atom. The second-order valence-corrected chi connectivity index (χ2v) is 6.28. The number of halogens is 1. The van der Waals surface area contributed by atoms with Gasteiger partial charge >= 0.3 is 0 Å². The average molecular weight is 384 g/mol. The lowest BCUT2D eigenvalue weighted by molar-refractivity contribution is -0.137. The van der Waals surface area contributed by atoms with Crippen molar-refractivity contribution in [2.24, 2.45) is 0 Å². The molecule has 2 amide bonds. The second-order valence-electron chi connectivity index (χ2n) is 5.94. The second kappa shape index (κ2) is 8.09. The normalized spacial score (nSPS) is 14.2. The number of hydrogen-bond acceptors (Lipinski definition) is 5. The van der Waals surface area contributed by atoms with Crippen LogP contribution < -0.4 is 0 Å². The molecule has 0 N–H and O–H groups in total. The maximum Gasteiger partial charge on any atom is 0.261 e. The fourth-order valence-corrected chi connectivity index (χ4v) is 2.95. The van der Waals surface area contributed by atoms with Crippen LogP contribution in [0.25, 0.3) is 11.3 Å². The van der Waals surface area contributed by atoms with E-state index in [4.69, 9.17) is 11.6 Å². The number of aryl methyl sites for hydroxylation is 1. The Bertz CT molecular complexity index is 900. The first-order valence-corrected chi connectivity index (χ1v) is 8.78. The SMILES string of the molecule is C=CC1=C(C=C)C(=O)N(CCCCn2cnc(-c3cnc(Cl)nc3)c2)C1=O. The van der Waals surface area contributed by atoms with Crippen molar-refractivity contribution in [2.75, 3.05) is 6.54 Å². The molecule has 0 aliphatic carbocycles. The number of rotatable bonds is 8. The van der Waals surface area contributed by atoms with Crippen LogP contribution in [0.15, 0.2) is 61.4 Å². The van der Waals surface area contributed by atoms with Gasteiger partial charge in [0, 0.05) is 37.2 Å². The molecule has 0 bridgehead atoms. The van der Waals surface area contributed by atoms with Crippen molar-refractivity contribution in [3.63, 3.8) is 0 Å². The van der Waals surface area contributed by atoms with E-state index in [1.54, 1.807) is 18.7 Å². The highest BCUT2D eigenvalue weighted by Crippen LogP contribution is 2.23. The van der Waals surface area contributed by atoms with Crippen LogP contribution in [0, 0.1) is 0 Å². The number of carbonyl (C=O) groups is 2. The Morgan fingerprint density at radius 1 is 0.963 bits per heavy atom.